The fraction of sp³-hybridized carbons (Fsp3) is 0.857. The largest absolute Gasteiger partial charge is 0.300 e. The van der Waals surface area contributed by atoms with E-state index in [9.17, 15) is 4.79 Å². The van der Waals surface area contributed by atoms with Crippen LogP contribution in [0.1, 0.15) is 19.8 Å². The number of halogens is 1. The van der Waals surface area contributed by atoms with E-state index in [2.05, 4.69) is 0 Å². The predicted molar refractivity (Wildman–Crippen MR) is 40.8 cm³/mol. The lowest BCUT2D eigenvalue weighted by Crippen LogP contribution is -2.29. The highest BCUT2D eigenvalue weighted by molar-refractivity contribution is 6.13. The van der Waals surface area contributed by atoms with Gasteiger partial charge in [-0.05, 0) is 31.5 Å². The zero-order valence-corrected chi connectivity index (χ0v) is 6.90. The fourth-order valence-corrected chi connectivity index (χ4v) is 1.45. The molecule has 0 aromatic rings. The maximum atomic E-state index is 10.8. The van der Waals surface area contributed by atoms with E-state index in [1.165, 1.54) is 0 Å². The summed E-state index contributed by atoms with van der Waals surface area (Å²) in [5, 5.41) is 0. The van der Waals surface area contributed by atoms with Crippen molar-refractivity contribution in [1.82, 2.24) is 4.42 Å². The molecule has 0 amide bonds. The Kier molecular flexibility index (Phi) is 2.69. The Labute approximate surface area is 66.3 Å². The summed E-state index contributed by atoms with van der Waals surface area (Å²) in [6.07, 6.45) is 1.86. The molecule has 0 saturated carbocycles. The van der Waals surface area contributed by atoms with Crippen molar-refractivity contribution in [3.63, 3.8) is 0 Å². The zero-order chi connectivity index (χ0) is 7.56. The Morgan fingerprint density at radius 1 is 1.50 bits per heavy atom. The lowest BCUT2D eigenvalue weighted by molar-refractivity contribution is -0.121. The van der Waals surface area contributed by atoms with E-state index in [0.717, 1.165) is 25.9 Å². The third kappa shape index (κ3) is 1.96. The summed E-state index contributed by atoms with van der Waals surface area (Å²) in [5.74, 6) is 0.583. The molecule has 0 aromatic heterocycles. The lowest BCUT2D eigenvalue weighted by Gasteiger charge is -2.24. The van der Waals surface area contributed by atoms with Crippen LogP contribution >= 0.6 is 11.8 Å². The summed E-state index contributed by atoms with van der Waals surface area (Å²) >= 11 is 5.71. The van der Waals surface area contributed by atoms with Crippen molar-refractivity contribution in [2.75, 3.05) is 13.1 Å². The molecule has 1 aliphatic rings. The smallest absolute Gasteiger partial charge is 0.133 e. The number of carbonyl (C=O) groups is 1. The maximum absolute atomic E-state index is 10.8. The van der Waals surface area contributed by atoms with E-state index < -0.39 is 0 Å². The van der Waals surface area contributed by atoms with Crippen molar-refractivity contribution in [3.8, 4) is 0 Å². The Hall–Kier alpha value is -0.0800. The minimum atomic E-state index is 0.273. The Bertz CT molecular complexity index is 130. The van der Waals surface area contributed by atoms with Gasteiger partial charge in [0.05, 0.1) is 0 Å². The summed E-state index contributed by atoms with van der Waals surface area (Å²) in [7, 11) is 0. The van der Waals surface area contributed by atoms with Crippen LogP contribution in [0.15, 0.2) is 0 Å². The molecular weight excluding hydrogens is 150 g/mol. The van der Waals surface area contributed by atoms with Gasteiger partial charge in [-0.3, -0.25) is 4.79 Å². The minimum absolute atomic E-state index is 0.273. The van der Waals surface area contributed by atoms with Gasteiger partial charge in [0.2, 0.25) is 0 Å². The van der Waals surface area contributed by atoms with Crippen LogP contribution in [-0.4, -0.2) is 23.3 Å². The molecule has 3 heteroatoms. The van der Waals surface area contributed by atoms with Crippen LogP contribution in [0, 0.1) is 5.92 Å². The molecular formula is C7H12ClNO. The van der Waals surface area contributed by atoms with E-state index >= 15 is 0 Å². The van der Waals surface area contributed by atoms with Crippen molar-refractivity contribution in [3.05, 3.63) is 0 Å². The number of piperidine rings is 1. The molecule has 2 nitrogen and oxygen atoms in total. The van der Waals surface area contributed by atoms with E-state index in [1.807, 2.05) is 0 Å². The van der Waals surface area contributed by atoms with Crippen molar-refractivity contribution in [1.29, 1.82) is 0 Å². The average Bonchev–Trinajstić information content (AvgIpc) is 1.88. The normalized spacial score (nSPS) is 23.0. The van der Waals surface area contributed by atoms with Crippen LogP contribution in [0.2, 0.25) is 0 Å². The average molecular weight is 162 g/mol. The highest BCUT2D eigenvalue weighted by Crippen LogP contribution is 2.18. The monoisotopic (exact) mass is 161 g/mol. The predicted octanol–water partition coefficient (Wildman–Crippen LogP) is 1.44. The summed E-state index contributed by atoms with van der Waals surface area (Å²) in [6.45, 7) is 3.37. The molecule has 0 radical (unpaired) electrons. The van der Waals surface area contributed by atoms with Crippen LogP contribution in [0.25, 0.3) is 0 Å². The van der Waals surface area contributed by atoms with Gasteiger partial charge in [-0.1, -0.05) is 0 Å². The first-order chi connectivity index (χ1) is 4.70. The molecule has 1 rings (SSSR count). The second-order valence-corrected chi connectivity index (χ2v) is 3.27. The molecule has 1 heterocycles. The van der Waals surface area contributed by atoms with Crippen molar-refractivity contribution in [2.45, 2.75) is 19.8 Å². The molecule has 0 bridgehead atoms. The SMILES string of the molecule is CC(=O)C1CCN(Cl)CC1. The maximum Gasteiger partial charge on any atom is 0.133 e. The van der Waals surface area contributed by atoms with Crippen molar-refractivity contribution < 1.29 is 4.79 Å². The van der Waals surface area contributed by atoms with Gasteiger partial charge >= 0.3 is 0 Å². The summed E-state index contributed by atoms with van der Waals surface area (Å²) < 4.78 is 1.75. The van der Waals surface area contributed by atoms with Gasteiger partial charge in [-0.2, -0.15) is 0 Å². The van der Waals surface area contributed by atoms with Crippen LogP contribution in [0.3, 0.4) is 0 Å². The molecule has 0 atom stereocenters. The van der Waals surface area contributed by atoms with Gasteiger partial charge in [0.15, 0.2) is 0 Å². The highest BCUT2D eigenvalue weighted by Gasteiger charge is 2.20. The molecule has 58 valence electrons. The summed E-state index contributed by atoms with van der Waals surface area (Å²) in [6, 6.07) is 0. The molecule has 1 saturated heterocycles. The van der Waals surface area contributed by atoms with Crippen LogP contribution in [-0.2, 0) is 4.79 Å². The first-order valence-corrected chi connectivity index (χ1v) is 3.95. The van der Waals surface area contributed by atoms with Crippen LogP contribution in [0.4, 0.5) is 0 Å². The van der Waals surface area contributed by atoms with Crippen LogP contribution in [0.5, 0.6) is 0 Å². The first kappa shape index (κ1) is 8.02. The molecule has 1 aliphatic heterocycles. The van der Waals surface area contributed by atoms with E-state index in [0.29, 0.717) is 5.78 Å². The molecule has 0 unspecified atom stereocenters. The molecule has 0 aromatic carbocycles. The van der Waals surface area contributed by atoms with Gasteiger partial charge in [-0.25, -0.2) is 4.42 Å². The van der Waals surface area contributed by atoms with Gasteiger partial charge in [0, 0.05) is 19.0 Å². The topological polar surface area (TPSA) is 20.3 Å². The second-order valence-electron chi connectivity index (χ2n) is 2.79. The number of Topliss-reactive ketones (excluding diaryl/α,β-unsaturated/α-hetero) is 1. The molecule has 1 fully saturated rings. The Morgan fingerprint density at radius 2 is 2.00 bits per heavy atom. The number of rotatable bonds is 1. The number of nitrogens with zero attached hydrogens (tertiary/aromatic N) is 1. The number of ketones is 1. The quantitative estimate of drug-likeness (QED) is 0.543. The highest BCUT2D eigenvalue weighted by atomic mass is 35.5. The summed E-state index contributed by atoms with van der Waals surface area (Å²) in [5.41, 5.74) is 0. The van der Waals surface area contributed by atoms with Crippen molar-refractivity contribution >= 4 is 17.6 Å². The minimum Gasteiger partial charge on any atom is -0.300 e. The second kappa shape index (κ2) is 3.35. The summed E-state index contributed by atoms with van der Waals surface area (Å²) in [4.78, 5) is 10.8. The third-order valence-electron chi connectivity index (χ3n) is 2.02. The fourth-order valence-electron chi connectivity index (χ4n) is 1.25. The molecule has 0 N–H and O–H groups in total. The Balaban J connectivity index is 2.33. The lowest BCUT2D eigenvalue weighted by atomic mass is 9.95. The van der Waals surface area contributed by atoms with Gasteiger partial charge in [0.1, 0.15) is 5.78 Å². The standard InChI is InChI=1S/C7H12ClNO/c1-6(10)7-2-4-9(8)5-3-7/h7H,2-5H2,1H3. The van der Waals surface area contributed by atoms with Gasteiger partial charge < -0.3 is 0 Å². The number of carbonyl (C=O) groups excluding carboxylic acids is 1. The van der Waals surface area contributed by atoms with Gasteiger partial charge in [-0.15, -0.1) is 0 Å². The van der Waals surface area contributed by atoms with Crippen molar-refractivity contribution in [2.24, 2.45) is 5.92 Å². The third-order valence-corrected chi connectivity index (χ3v) is 2.35. The van der Waals surface area contributed by atoms with Gasteiger partial charge in [0.25, 0.3) is 0 Å². The van der Waals surface area contributed by atoms with E-state index in [1.54, 1.807) is 11.3 Å². The molecule has 0 aliphatic carbocycles. The molecule has 0 spiro atoms. The number of hydrogen-bond donors (Lipinski definition) is 0. The van der Waals surface area contributed by atoms with Crippen LogP contribution < -0.4 is 0 Å². The first-order valence-electron chi connectivity index (χ1n) is 3.61. The van der Waals surface area contributed by atoms with E-state index in [4.69, 9.17) is 11.8 Å². The molecule has 10 heavy (non-hydrogen) atoms. The Morgan fingerprint density at radius 3 is 2.40 bits per heavy atom. The zero-order valence-electron chi connectivity index (χ0n) is 6.14. The number of hydrogen-bond acceptors (Lipinski definition) is 2. The van der Waals surface area contributed by atoms with E-state index in [-0.39, 0.29) is 5.92 Å².